The zero-order chi connectivity index (χ0) is 12.7. The summed E-state index contributed by atoms with van der Waals surface area (Å²) >= 11 is 0. The van der Waals surface area contributed by atoms with Gasteiger partial charge in [0.15, 0.2) is 0 Å². The minimum absolute atomic E-state index is 0.118. The van der Waals surface area contributed by atoms with Crippen molar-refractivity contribution in [3.8, 4) is 0 Å². The number of hydrogen-bond acceptors (Lipinski definition) is 4. The van der Waals surface area contributed by atoms with Crippen LogP contribution in [-0.4, -0.2) is 47.3 Å². The fraction of sp³-hybridized carbons (Fsp3) is 0.417. The van der Waals surface area contributed by atoms with Crippen molar-refractivity contribution in [1.29, 1.82) is 0 Å². The first-order chi connectivity index (χ1) is 8.22. The van der Waals surface area contributed by atoms with Crippen molar-refractivity contribution in [2.75, 3.05) is 26.3 Å². The minimum atomic E-state index is -0.198. The Morgan fingerprint density at radius 2 is 1.65 bits per heavy atom. The van der Waals surface area contributed by atoms with Gasteiger partial charge in [-0.15, -0.1) is 0 Å². The van der Waals surface area contributed by atoms with Crippen LogP contribution in [0.1, 0.15) is 15.9 Å². The molecule has 0 aromatic heterocycles. The molecular weight excluding hydrogens is 220 g/mol. The Morgan fingerprint density at radius 3 is 2.06 bits per heavy atom. The van der Waals surface area contributed by atoms with Crippen LogP contribution < -0.4 is 5.73 Å². The highest BCUT2D eigenvalue weighted by Crippen LogP contribution is 2.07. The SMILES string of the molecule is NCc1ccc(C(=O)N(CCO)CCO)cc1. The molecule has 1 amide bonds. The highest BCUT2D eigenvalue weighted by atomic mass is 16.3. The lowest BCUT2D eigenvalue weighted by Crippen LogP contribution is -2.35. The van der Waals surface area contributed by atoms with E-state index < -0.39 is 0 Å². The maximum atomic E-state index is 12.0. The van der Waals surface area contributed by atoms with Crippen LogP contribution in [0.2, 0.25) is 0 Å². The van der Waals surface area contributed by atoms with Crippen molar-refractivity contribution in [3.05, 3.63) is 35.4 Å². The Bertz CT molecular complexity index is 345. The molecule has 0 saturated heterocycles. The molecule has 0 aliphatic carbocycles. The minimum Gasteiger partial charge on any atom is -0.395 e. The molecule has 0 aliphatic heterocycles. The van der Waals surface area contributed by atoms with E-state index in [0.717, 1.165) is 5.56 Å². The summed E-state index contributed by atoms with van der Waals surface area (Å²) in [5, 5.41) is 17.7. The zero-order valence-corrected chi connectivity index (χ0v) is 9.67. The Morgan fingerprint density at radius 1 is 1.12 bits per heavy atom. The Hall–Kier alpha value is -1.43. The van der Waals surface area contributed by atoms with E-state index in [9.17, 15) is 4.79 Å². The monoisotopic (exact) mass is 238 g/mol. The number of aliphatic hydroxyl groups is 2. The fourth-order valence-corrected chi connectivity index (χ4v) is 1.52. The third-order valence-electron chi connectivity index (χ3n) is 2.46. The molecule has 94 valence electrons. The summed E-state index contributed by atoms with van der Waals surface area (Å²) in [5.41, 5.74) is 6.96. The molecule has 5 heteroatoms. The number of carbonyl (C=O) groups is 1. The number of nitrogens with zero attached hydrogens (tertiary/aromatic N) is 1. The summed E-state index contributed by atoms with van der Waals surface area (Å²) in [6.45, 7) is 0.640. The molecule has 1 aromatic rings. The molecule has 0 aliphatic rings. The third-order valence-corrected chi connectivity index (χ3v) is 2.46. The predicted molar refractivity (Wildman–Crippen MR) is 64.4 cm³/mol. The standard InChI is InChI=1S/C12H18N2O3/c13-9-10-1-3-11(4-2-10)12(17)14(5-7-15)6-8-16/h1-4,15-16H,5-9,13H2. The molecule has 4 N–H and O–H groups in total. The first-order valence-corrected chi connectivity index (χ1v) is 5.53. The van der Waals surface area contributed by atoms with Crippen LogP contribution >= 0.6 is 0 Å². The van der Waals surface area contributed by atoms with Crippen molar-refractivity contribution in [2.45, 2.75) is 6.54 Å². The summed E-state index contributed by atoms with van der Waals surface area (Å²) in [5.74, 6) is -0.198. The number of carbonyl (C=O) groups excluding carboxylic acids is 1. The maximum Gasteiger partial charge on any atom is 0.254 e. The molecule has 1 rings (SSSR count). The smallest absolute Gasteiger partial charge is 0.254 e. The second-order valence-corrected chi connectivity index (χ2v) is 3.64. The predicted octanol–water partition coefficient (Wildman–Crippen LogP) is -0.428. The first-order valence-electron chi connectivity index (χ1n) is 5.53. The Kier molecular flexibility index (Phi) is 5.62. The number of hydrogen-bond donors (Lipinski definition) is 3. The van der Waals surface area contributed by atoms with Crippen LogP contribution in [0, 0.1) is 0 Å². The summed E-state index contributed by atoms with van der Waals surface area (Å²) in [7, 11) is 0. The molecule has 1 aromatic carbocycles. The molecule has 0 spiro atoms. The van der Waals surface area contributed by atoms with Gasteiger partial charge >= 0.3 is 0 Å². The van der Waals surface area contributed by atoms with E-state index in [0.29, 0.717) is 12.1 Å². The first kappa shape index (κ1) is 13.6. The molecule has 0 fully saturated rings. The summed E-state index contributed by atoms with van der Waals surface area (Å²) in [6.07, 6.45) is 0. The molecule has 0 unspecified atom stereocenters. The van der Waals surface area contributed by atoms with Gasteiger partial charge in [-0.05, 0) is 17.7 Å². The second kappa shape index (κ2) is 7.01. The summed E-state index contributed by atoms with van der Waals surface area (Å²) < 4.78 is 0. The number of nitrogens with two attached hydrogens (primary N) is 1. The maximum absolute atomic E-state index is 12.0. The summed E-state index contributed by atoms with van der Waals surface area (Å²) in [6, 6.07) is 6.99. The van der Waals surface area contributed by atoms with Gasteiger partial charge < -0.3 is 20.8 Å². The van der Waals surface area contributed by atoms with Crippen molar-refractivity contribution < 1.29 is 15.0 Å². The van der Waals surface area contributed by atoms with Gasteiger partial charge in [0, 0.05) is 25.2 Å². The van der Waals surface area contributed by atoms with Crippen LogP contribution in [0.4, 0.5) is 0 Å². The topological polar surface area (TPSA) is 86.8 Å². The van der Waals surface area contributed by atoms with Gasteiger partial charge in [0.2, 0.25) is 0 Å². The molecule has 0 bridgehead atoms. The van der Waals surface area contributed by atoms with Crippen LogP contribution in [0.3, 0.4) is 0 Å². The van der Waals surface area contributed by atoms with E-state index in [1.54, 1.807) is 24.3 Å². The molecule has 17 heavy (non-hydrogen) atoms. The average molecular weight is 238 g/mol. The van der Waals surface area contributed by atoms with Crippen LogP contribution in [0.15, 0.2) is 24.3 Å². The second-order valence-electron chi connectivity index (χ2n) is 3.64. The van der Waals surface area contributed by atoms with E-state index in [-0.39, 0.29) is 32.2 Å². The lowest BCUT2D eigenvalue weighted by molar-refractivity contribution is 0.0685. The van der Waals surface area contributed by atoms with E-state index in [2.05, 4.69) is 0 Å². The quantitative estimate of drug-likeness (QED) is 0.628. The van der Waals surface area contributed by atoms with E-state index >= 15 is 0 Å². The largest absolute Gasteiger partial charge is 0.395 e. The van der Waals surface area contributed by atoms with Crippen molar-refractivity contribution in [1.82, 2.24) is 4.90 Å². The van der Waals surface area contributed by atoms with Crippen molar-refractivity contribution >= 4 is 5.91 Å². The molecule has 0 saturated carbocycles. The van der Waals surface area contributed by atoms with Crippen LogP contribution in [0.5, 0.6) is 0 Å². The van der Waals surface area contributed by atoms with Crippen LogP contribution in [0.25, 0.3) is 0 Å². The van der Waals surface area contributed by atoms with Gasteiger partial charge in [0.25, 0.3) is 5.91 Å². The molecule has 0 radical (unpaired) electrons. The number of amides is 1. The Balaban J connectivity index is 2.77. The van der Waals surface area contributed by atoms with E-state index in [1.807, 2.05) is 0 Å². The molecule has 0 heterocycles. The Labute approximate surface area is 100 Å². The fourth-order valence-electron chi connectivity index (χ4n) is 1.52. The van der Waals surface area contributed by atoms with Gasteiger partial charge in [-0.3, -0.25) is 4.79 Å². The molecule has 0 atom stereocenters. The lowest BCUT2D eigenvalue weighted by atomic mass is 10.1. The van der Waals surface area contributed by atoms with Crippen molar-refractivity contribution in [3.63, 3.8) is 0 Å². The van der Waals surface area contributed by atoms with Gasteiger partial charge in [-0.1, -0.05) is 12.1 Å². The summed E-state index contributed by atoms with van der Waals surface area (Å²) in [4.78, 5) is 13.4. The normalized spacial score (nSPS) is 10.3. The van der Waals surface area contributed by atoms with Gasteiger partial charge in [-0.25, -0.2) is 0 Å². The lowest BCUT2D eigenvalue weighted by Gasteiger charge is -2.20. The zero-order valence-electron chi connectivity index (χ0n) is 9.67. The highest BCUT2D eigenvalue weighted by molar-refractivity contribution is 5.94. The number of rotatable bonds is 6. The molecule has 5 nitrogen and oxygen atoms in total. The third kappa shape index (κ3) is 3.81. The van der Waals surface area contributed by atoms with Gasteiger partial charge in [-0.2, -0.15) is 0 Å². The van der Waals surface area contributed by atoms with Crippen LogP contribution in [-0.2, 0) is 6.54 Å². The van der Waals surface area contributed by atoms with E-state index in [4.69, 9.17) is 15.9 Å². The number of aliphatic hydroxyl groups excluding tert-OH is 2. The van der Waals surface area contributed by atoms with Crippen molar-refractivity contribution in [2.24, 2.45) is 5.73 Å². The van der Waals surface area contributed by atoms with E-state index in [1.165, 1.54) is 4.90 Å². The average Bonchev–Trinajstić information content (AvgIpc) is 2.38. The van der Waals surface area contributed by atoms with Gasteiger partial charge in [0.05, 0.1) is 13.2 Å². The number of benzene rings is 1. The highest BCUT2D eigenvalue weighted by Gasteiger charge is 2.14. The van der Waals surface area contributed by atoms with Gasteiger partial charge in [0.1, 0.15) is 0 Å². The molecular formula is C12H18N2O3.